The van der Waals surface area contributed by atoms with E-state index in [1.54, 1.807) is 10.9 Å². The number of aromatic nitrogens is 1. The Balaban J connectivity index is 2.44. The third kappa shape index (κ3) is 2.22. The number of rotatable bonds is 4. The van der Waals surface area contributed by atoms with E-state index in [0.29, 0.717) is 0 Å². The molecule has 2 rings (SSSR count). The monoisotopic (exact) mass is 234 g/mol. The van der Waals surface area contributed by atoms with E-state index in [2.05, 4.69) is 15.8 Å². The SMILES string of the molecule is COC(=O)Cc1cn(NNN)c2ccccc12. The number of carbonyl (C=O) groups is 1. The van der Waals surface area contributed by atoms with Crippen molar-refractivity contribution in [1.29, 1.82) is 0 Å². The summed E-state index contributed by atoms with van der Waals surface area (Å²) in [5.41, 5.74) is 6.93. The van der Waals surface area contributed by atoms with Crippen LogP contribution in [0.15, 0.2) is 30.5 Å². The van der Waals surface area contributed by atoms with Crippen LogP contribution in [0.2, 0.25) is 0 Å². The predicted octanol–water partition coefficient (Wildman–Crippen LogP) is 0.279. The number of hydrazine groups is 2. The highest BCUT2D eigenvalue weighted by atomic mass is 16.5. The molecule has 0 radical (unpaired) electrons. The summed E-state index contributed by atoms with van der Waals surface area (Å²) < 4.78 is 6.38. The Labute approximate surface area is 98.3 Å². The van der Waals surface area contributed by atoms with E-state index in [1.807, 2.05) is 24.3 Å². The van der Waals surface area contributed by atoms with Gasteiger partial charge in [0, 0.05) is 11.6 Å². The Hall–Kier alpha value is -2.05. The number of methoxy groups -OCH3 is 1. The maximum Gasteiger partial charge on any atom is 0.310 e. The number of benzene rings is 1. The third-order valence-corrected chi connectivity index (χ3v) is 2.54. The van der Waals surface area contributed by atoms with Crippen LogP contribution in [0.25, 0.3) is 10.9 Å². The zero-order valence-corrected chi connectivity index (χ0v) is 9.43. The molecule has 0 saturated heterocycles. The Morgan fingerprint density at radius 2 is 2.24 bits per heavy atom. The van der Waals surface area contributed by atoms with Crippen molar-refractivity contribution in [2.45, 2.75) is 6.42 Å². The molecule has 0 unspecified atom stereocenters. The fraction of sp³-hybridized carbons (Fsp3) is 0.182. The molecule has 0 bridgehead atoms. The first-order chi connectivity index (χ1) is 8.26. The molecule has 0 spiro atoms. The predicted molar refractivity (Wildman–Crippen MR) is 64.3 cm³/mol. The summed E-state index contributed by atoms with van der Waals surface area (Å²) in [6, 6.07) is 7.71. The van der Waals surface area contributed by atoms with Crippen molar-refractivity contribution >= 4 is 16.9 Å². The van der Waals surface area contributed by atoms with Crippen molar-refractivity contribution in [3.8, 4) is 0 Å². The van der Waals surface area contributed by atoms with Crippen LogP contribution in [0.3, 0.4) is 0 Å². The molecule has 0 saturated carbocycles. The quantitative estimate of drug-likeness (QED) is 0.402. The number of fused-ring (bicyclic) bond motifs is 1. The molecule has 0 aliphatic carbocycles. The van der Waals surface area contributed by atoms with Crippen molar-refractivity contribution < 1.29 is 9.53 Å². The first kappa shape index (κ1) is 11.4. The minimum absolute atomic E-state index is 0.232. The molecular formula is C11H14N4O2. The maximum absolute atomic E-state index is 11.3. The number of nitrogens with zero attached hydrogens (tertiary/aromatic N) is 1. The zero-order chi connectivity index (χ0) is 12.3. The van der Waals surface area contributed by atoms with Gasteiger partial charge in [-0.3, -0.25) is 15.3 Å². The molecular weight excluding hydrogens is 220 g/mol. The van der Waals surface area contributed by atoms with Crippen LogP contribution in [0.1, 0.15) is 5.56 Å². The van der Waals surface area contributed by atoms with Crippen molar-refractivity contribution in [2.75, 3.05) is 12.6 Å². The minimum atomic E-state index is -0.270. The smallest absolute Gasteiger partial charge is 0.310 e. The minimum Gasteiger partial charge on any atom is -0.469 e. The molecule has 4 N–H and O–H groups in total. The fourth-order valence-electron chi connectivity index (χ4n) is 1.78. The number of nitrogens with one attached hydrogen (secondary N) is 2. The molecule has 1 aromatic carbocycles. The van der Waals surface area contributed by atoms with E-state index < -0.39 is 0 Å². The topological polar surface area (TPSA) is 81.3 Å². The van der Waals surface area contributed by atoms with Gasteiger partial charge in [-0.2, -0.15) is 5.53 Å². The Morgan fingerprint density at radius 1 is 1.47 bits per heavy atom. The second-order valence-electron chi connectivity index (χ2n) is 3.55. The van der Waals surface area contributed by atoms with Crippen LogP contribution < -0.4 is 16.9 Å². The molecule has 1 aromatic heterocycles. The average molecular weight is 234 g/mol. The third-order valence-electron chi connectivity index (χ3n) is 2.54. The largest absolute Gasteiger partial charge is 0.469 e. The van der Waals surface area contributed by atoms with E-state index in [4.69, 9.17) is 5.84 Å². The molecule has 6 heteroatoms. The highest BCUT2D eigenvalue weighted by Crippen LogP contribution is 2.20. The number of ether oxygens (including phenoxy) is 1. The zero-order valence-electron chi connectivity index (χ0n) is 9.43. The Kier molecular flexibility index (Phi) is 3.27. The number of nitrogens with two attached hydrogens (primary N) is 1. The molecule has 0 atom stereocenters. The number of hydrogen-bond acceptors (Lipinski definition) is 5. The van der Waals surface area contributed by atoms with Crippen molar-refractivity contribution in [3.05, 3.63) is 36.0 Å². The molecule has 2 aromatic rings. The summed E-state index contributed by atoms with van der Waals surface area (Å²) in [5.74, 6) is 4.94. The molecule has 0 fully saturated rings. The van der Waals surface area contributed by atoms with Gasteiger partial charge in [-0.25, -0.2) is 5.53 Å². The van der Waals surface area contributed by atoms with Crippen molar-refractivity contribution in [3.63, 3.8) is 0 Å². The fourth-order valence-corrected chi connectivity index (χ4v) is 1.78. The molecule has 0 aliphatic rings. The molecule has 1 heterocycles. The van der Waals surface area contributed by atoms with E-state index in [0.717, 1.165) is 16.5 Å². The van der Waals surface area contributed by atoms with E-state index >= 15 is 0 Å². The second-order valence-corrected chi connectivity index (χ2v) is 3.55. The van der Waals surface area contributed by atoms with Gasteiger partial charge in [0.1, 0.15) is 0 Å². The first-order valence-corrected chi connectivity index (χ1v) is 5.13. The van der Waals surface area contributed by atoms with Gasteiger partial charge < -0.3 is 4.74 Å². The lowest BCUT2D eigenvalue weighted by molar-refractivity contribution is -0.139. The van der Waals surface area contributed by atoms with Crippen LogP contribution in [0, 0.1) is 0 Å². The standard InChI is InChI=1S/C11H14N4O2/c1-17-11(16)6-8-7-15(14-13-12)10-5-3-2-4-9(8)10/h2-5,7,13-14H,6,12H2,1H3. The molecule has 17 heavy (non-hydrogen) atoms. The highest BCUT2D eigenvalue weighted by molar-refractivity contribution is 5.88. The maximum atomic E-state index is 11.3. The van der Waals surface area contributed by atoms with Crippen LogP contribution in [-0.4, -0.2) is 17.8 Å². The molecule has 90 valence electrons. The second kappa shape index (κ2) is 4.86. The van der Waals surface area contributed by atoms with Gasteiger partial charge in [0.25, 0.3) is 0 Å². The summed E-state index contributed by atoms with van der Waals surface area (Å²) in [5, 5.41) is 0.987. The van der Waals surface area contributed by atoms with Crippen molar-refractivity contribution in [1.82, 2.24) is 10.2 Å². The normalized spacial score (nSPS) is 10.5. The lowest BCUT2D eigenvalue weighted by Crippen LogP contribution is -2.35. The summed E-state index contributed by atoms with van der Waals surface area (Å²) in [6.07, 6.45) is 2.04. The van der Waals surface area contributed by atoms with Crippen LogP contribution in [-0.2, 0) is 16.0 Å². The van der Waals surface area contributed by atoms with E-state index in [9.17, 15) is 4.79 Å². The summed E-state index contributed by atoms with van der Waals surface area (Å²) in [4.78, 5) is 11.3. The number of para-hydroxylation sites is 1. The van der Waals surface area contributed by atoms with Crippen LogP contribution in [0.4, 0.5) is 0 Å². The van der Waals surface area contributed by atoms with Gasteiger partial charge in [0.15, 0.2) is 0 Å². The number of esters is 1. The van der Waals surface area contributed by atoms with Gasteiger partial charge in [-0.05, 0) is 11.6 Å². The molecule has 6 nitrogen and oxygen atoms in total. The van der Waals surface area contributed by atoms with Gasteiger partial charge in [-0.1, -0.05) is 18.2 Å². The summed E-state index contributed by atoms with van der Waals surface area (Å²) >= 11 is 0. The lowest BCUT2D eigenvalue weighted by atomic mass is 10.1. The Bertz CT molecular complexity index is 535. The average Bonchev–Trinajstić information content (AvgIpc) is 2.69. The molecule has 0 aliphatic heterocycles. The first-order valence-electron chi connectivity index (χ1n) is 5.13. The molecule has 0 amide bonds. The van der Waals surface area contributed by atoms with Gasteiger partial charge >= 0.3 is 5.97 Å². The lowest BCUT2D eigenvalue weighted by Gasteiger charge is -2.05. The van der Waals surface area contributed by atoms with Crippen LogP contribution in [0.5, 0.6) is 0 Å². The van der Waals surface area contributed by atoms with Crippen molar-refractivity contribution in [2.24, 2.45) is 5.84 Å². The Morgan fingerprint density at radius 3 is 2.94 bits per heavy atom. The van der Waals surface area contributed by atoms with E-state index in [-0.39, 0.29) is 12.4 Å². The van der Waals surface area contributed by atoms with Crippen LogP contribution >= 0.6 is 0 Å². The summed E-state index contributed by atoms with van der Waals surface area (Å²) in [7, 11) is 1.38. The summed E-state index contributed by atoms with van der Waals surface area (Å²) in [6.45, 7) is 0. The van der Waals surface area contributed by atoms with E-state index in [1.165, 1.54) is 7.11 Å². The van der Waals surface area contributed by atoms with Gasteiger partial charge in [0.2, 0.25) is 0 Å². The van der Waals surface area contributed by atoms with Gasteiger partial charge in [0.05, 0.1) is 19.0 Å². The number of carbonyl (C=O) groups excluding carboxylic acids is 1. The number of hydrogen-bond donors (Lipinski definition) is 3. The van der Waals surface area contributed by atoms with Gasteiger partial charge in [-0.15, -0.1) is 0 Å². The highest BCUT2D eigenvalue weighted by Gasteiger charge is 2.11.